The molecule has 0 aromatic carbocycles. The van der Waals surface area contributed by atoms with Crippen molar-refractivity contribution in [2.75, 3.05) is 0 Å². The van der Waals surface area contributed by atoms with E-state index in [1.54, 1.807) is 153 Å². The van der Waals surface area contributed by atoms with E-state index in [0.29, 0.717) is 25.7 Å². The summed E-state index contributed by atoms with van der Waals surface area (Å²) in [5.41, 5.74) is 2.62. The van der Waals surface area contributed by atoms with Crippen molar-refractivity contribution in [1.82, 2.24) is 29.9 Å². The molecular weight excluding hydrogens is 969 g/mol. The second-order valence-electron chi connectivity index (χ2n) is 18.7. The van der Waals surface area contributed by atoms with Gasteiger partial charge in [0, 0.05) is 74.4 Å². The van der Waals surface area contributed by atoms with Crippen molar-refractivity contribution in [3.8, 4) is 0 Å². The second kappa shape index (κ2) is 29.5. The first kappa shape index (κ1) is 59.4. The predicted octanol–water partition coefficient (Wildman–Crippen LogP) is 8.99. The van der Waals surface area contributed by atoms with Crippen LogP contribution in [0.25, 0.3) is 0 Å². The van der Waals surface area contributed by atoms with Gasteiger partial charge < -0.3 is 20.4 Å². The molecule has 394 valence electrons. The van der Waals surface area contributed by atoms with E-state index in [2.05, 4.69) is 60.5 Å². The number of carboxylic acids is 4. The first-order chi connectivity index (χ1) is 36.3. The van der Waals surface area contributed by atoms with Crippen LogP contribution in [0.5, 0.6) is 0 Å². The molecular formula is C56H62N12O8. The number of aromatic nitrogens is 6. The van der Waals surface area contributed by atoms with Gasteiger partial charge in [0.15, 0.2) is 0 Å². The lowest BCUT2D eigenvalue weighted by molar-refractivity contribution is -0.159. The van der Waals surface area contributed by atoms with Crippen LogP contribution in [0.15, 0.2) is 178 Å². The Morgan fingerprint density at radius 2 is 0.539 bits per heavy atom. The molecule has 0 unspecified atom stereocenters. The Balaban J connectivity index is 0.000000206. The lowest BCUT2D eigenvalue weighted by atomic mass is 9.66. The minimum Gasteiger partial charge on any atom is -0.481 e. The van der Waals surface area contributed by atoms with Gasteiger partial charge in [-0.3, -0.25) is 49.1 Å². The second-order valence-corrected chi connectivity index (χ2v) is 18.7. The normalized spacial score (nSPS) is 20.2. The molecule has 0 radical (unpaired) electrons. The van der Waals surface area contributed by atoms with Crippen molar-refractivity contribution >= 4 is 61.2 Å². The van der Waals surface area contributed by atoms with Crippen LogP contribution >= 0.6 is 0 Å². The largest absolute Gasteiger partial charge is 0.481 e. The van der Waals surface area contributed by atoms with Crippen molar-refractivity contribution in [3.05, 3.63) is 181 Å². The third-order valence-corrected chi connectivity index (χ3v) is 13.7. The average Bonchev–Trinajstić information content (AvgIpc) is 3.84. The van der Waals surface area contributed by atoms with Crippen LogP contribution in [0.4, 0.5) is 0 Å². The number of carboxylic acid groups (broad SMARTS) is 4. The average molecular weight is 1030 g/mol. The highest BCUT2D eigenvalue weighted by Gasteiger charge is 2.59. The third-order valence-electron chi connectivity index (χ3n) is 13.7. The molecule has 20 nitrogen and oxygen atoms in total. The van der Waals surface area contributed by atoms with Gasteiger partial charge in [-0.15, -0.1) is 0 Å². The predicted molar refractivity (Wildman–Crippen MR) is 291 cm³/mol. The molecule has 0 spiro atoms. The van der Waals surface area contributed by atoms with Crippen molar-refractivity contribution in [1.29, 1.82) is 0 Å². The first-order valence-electron chi connectivity index (χ1n) is 23.8. The zero-order valence-corrected chi connectivity index (χ0v) is 43.1. The van der Waals surface area contributed by atoms with Crippen LogP contribution < -0.4 is 0 Å². The molecule has 0 aliphatic heterocycles. The molecule has 6 aromatic rings. The Hall–Kier alpha value is -9.20. The number of rotatable bonds is 13. The summed E-state index contributed by atoms with van der Waals surface area (Å²) in [4.78, 5) is 67.6. The van der Waals surface area contributed by atoms with Crippen LogP contribution in [0, 0.1) is 33.5 Å². The van der Waals surface area contributed by atoms with Crippen molar-refractivity contribution in [2.45, 2.75) is 67.2 Å². The molecule has 8 rings (SSSR count). The topological polar surface area (TPSA) is 301 Å². The van der Waals surface area contributed by atoms with Gasteiger partial charge in [0.05, 0.1) is 60.0 Å². The molecule has 76 heavy (non-hydrogen) atoms. The van der Waals surface area contributed by atoms with E-state index in [4.69, 9.17) is 20.4 Å². The number of hydrogen-bond acceptors (Lipinski definition) is 16. The third kappa shape index (κ3) is 17.8. The summed E-state index contributed by atoms with van der Waals surface area (Å²) in [6.45, 7) is 10.2. The molecule has 6 aromatic heterocycles. The Morgan fingerprint density at radius 1 is 0.368 bits per heavy atom. The first-order valence-corrected chi connectivity index (χ1v) is 23.8. The van der Waals surface area contributed by atoms with Gasteiger partial charge in [-0.2, -0.15) is 30.6 Å². The van der Waals surface area contributed by atoms with E-state index < -0.39 is 57.4 Å². The van der Waals surface area contributed by atoms with Gasteiger partial charge >= 0.3 is 23.9 Å². The quantitative estimate of drug-likeness (QED) is 0.0620. The maximum absolute atomic E-state index is 11.1. The molecule has 0 saturated heterocycles. The molecule has 2 fully saturated rings. The van der Waals surface area contributed by atoms with E-state index in [1.165, 1.54) is 0 Å². The highest BCUT2D eigenvalue weighted by Crippen LogP contribution is 2.57. The summed E-state index contributed by atoms with van der Waals surface area (Å²) in [5.74, 6) is -4.68. The summed E-state index contributed by atoms with van der Waals surface area (Å²) in [6, 6.07) is 22.4. The summed E-state index contributed by atoms with van der Waals surface area (Å²) in [5, 5.41) is 59.8. The lowest BCUT2D eigenvalue weighted by Crippen LogP contribution is -2.42. The van der Waals surface area contributed by atoms with E-state index in [9.17, 15) is 19.2 Å². The maximum Gasteiger partial charge on any atom is 0.309 e. The fraction of sp³-hybridized carbons (Fsp3) is 0.286. The summed E-state index contributed by atoms with van der Waals surface area (Å²) in [7, 11) is 0. The van der Waals surface area contributed by atoms with Crippen LogP contribution in [-0.4, -0.2) is 111 Å². The highest BCUT2D eigenvalue weighted by atomic mass is 16.4. The Kier molecular flexibility index (Phi) is 23.0. The number of carbonyl (C=O) groups is 4. The Labute approximate surface area is 441 Å². The van der Waals surface area contributed by atoms with Crippen molar-refractivity contribution in [3.63, 3.8) is 0 Å². The highest BCUT2D eigenvalue weighted by molar-refractivity contribution is 5.85. The molecule has 2 aliphatic rings. The number of hydrogen-bond donors (Lipinski definition) is 4. The Bertz CT molecular complexity index is 2500. The zero-order chi connectivity index (χ0) is 55.5. The number of nitrogens with zero attached hydrogens (tertiary/aromatic N) is 12. The minimum atomic E-state index is -0.921. The molecule has 4 atom stereocenters. The standard InChI is InChI=1S/3C12H10N4.2C10H16O4/c3*1-5-13-6-2-11(1)9-15-16-10-12-3-7-14-8-4-12;2*1-9(2)6(7(11)12)4-5-10(9,3)8(13)14/h3*1-10H;2*6H,4-5H2,1-3H3,(H,11,12)(H,13,14)/b3*15-9+,16-10+;;/t;;;2*6-,10+/m...10/s1. The minimum absolute atomic E-state index is 0.437. The molecule has 6 heterocycles. The zero-order valence-electron chi connectivity index (χ0n) is 43.1. The van der Waals surface area contributed by atoms with Crippen LogP contribution in [-0.2, 0) is 19.2 Å². The smallest absolute Gasteiger partial charge is 0.309 e. The summed E-state index contributed by atoms with van der Waals surface area (Å²) in [6.07, 6.45) is 32.4. The molecule has 2 aliphatic carbocycles. The van der Waals surface area contributed by atoms with E-state index >= 15 is 0 Å². The molecule has 0 amide bonds. The van der Waals surface area contributed by atoms with Gasteiger partial charge in [-0.1, -0.05) is 27.7 Å². The maximum atomic E-state index is 11.1. The molecule has 20 heteroatoms. The Morgan fingerprint density at radius 3 is 0.658 bits per heavy atom. The SMILES string of the molecule is C(=N\N=C\c1ccncc1)/c1ccncc1.C(=N\N=C\c1ccncc1)/c1ccncc1.C(=N\N=C\c1ccncc1)/c1ccncc1.CC1(C)[C@@H](C(=O)O)CC[C@@]1(C)C(=O)O.CC1(C)[C@H](C(=O)O)CC[C@]1(C)C(=O)O. The molecule has 2 saturated carbocycles. The van der Waals surface area contributed by atoms with Gasteiger partial charge in [0.25, 0.3) is 0 Å². The van der Waals surface area contributed by atoms with Gasteiger partial charge in [-0.05, 0) is 157 Å². The monoisotopic (exact) mass is 1030 g/mol. The van der Waals surface area contributed by atoms with Gasteiger partial charge in [0.1, 0.15) is 0 Å². The van der Waals surface area contributed by atoms with Crippen LogP contribution in [0.2, 0.25) is 0 Å². The van der Waals surface area contributed by atoms with E-state index in [1.807, 2.05) is 72.8 Å². The van der Waals surface area contributed by atoms with E-state index in [0.717, 1.165) is 33.4 Å². The fourth-order valence-corrected chi connectivity index (χ4v) is 7.93. The fourth-order valence-electron chi connectivity index (χ4n) is 7.93. The van der Waals surface area contributed by atoms with Gasteiger partial charge in [-0.25, -0.2) is 0 Å². The summed E-state index contributed by atoms with van der Waals surface area (Å²) >= 11 is 0. The van der Waals surface area contributed by atoms with Crippen LogP contribution in [0.3, 0.4) is 0 Å². The van der Waals surface area contributed by atoms with Crippen molar-refractivity contribution < 1.29 is 39.6 Å². The van der Waals surface area contributed by atoms with Gasteiger partial charge in [0.2, 0.25) is 0 Å². The van der Waals surface area contributed by atoms with E-state index in [-0.39, 0.29) is 0 Å². The lowest BCUT2D eigenvalue weighted by Gasteiger charge is -2.36. The number of pyridine rings is 6. The van der Waals surface area contributed by atoms with Crippen molar-refractivity contribution in [2.24, 2.45) is 64.1 Å². The summed E-state index contributed by atoms with van der Waals surface area (Å²) < 4.78 is 0. The number of aliphatic carboxylic acids is 4. The molecule has 4 N–H and O–H groups in total. The van der Waals surface area contributed by atoms with Crippen LogP contribution in [0.1, 0.15) is 101 Å². The molecule has 0 bridgehead atoms.